The summed E-state index contributed by atoms with van der Waals surface area (Å²) in [6.45, 7) is 15.7. The van der Waals surface area contributed by atoms with Crippen LogP contribution in [0.15, 0.2) is 24.3 Å². The molecule has 0 aliphatic carbocycles. The Morgan fingerprint density at radius 1 is 0.773 bits per heavy atom. The van der Waals surface area contributed by atoms with Crippen LogP contribution in [0.5, 0.6) is 0 Å². The van der Waals surface area contributed by atoms with Gasteiger partial charge in [0.05, 0.1) is 11.0 Å². The maximum Gasteiger partial charge on any atom is 0.0718 e. The van der Waals surface area contributed by atoms with Crippen molar-refractivity contribution in [3.05, 3.63) is 52.1 Å². The number of aryl methyl sites for hydroxylation is 4. The molecule has 0 saturated carbocycles. The molecule has 0 radical (unpaired) electrons. The first kappa shape index (κ1) is 15.0. The monoisotopic (exact) mass is 291 g/mol. The molecule has 0 atom stereocenters. The van der Waals surface area contributed by atoms with Gasteiger partial charge in [-0.3, -0.25) is 0 Å². The minimum atomic E-state index is 0.0814. The highest BCUT2D eigenvalue weighted by atomic mass is 14.7. The summed E-state index contributed by atoms with van der Waals surface area (Å²) in [4.78, 5) is 4.98. The zero-order valence-corrected chi connectivity index (χ0v) is 14.8. The normalized spacial score (nSPS) is 12.3. The maximum atomic E-state index is 4.98. The number of hydrogen-bond donors (Lipinski definition) is 0. The van der Waals surface area contributed by atoms with E-state index in [-0.39, 0.29) is 5.41 Å². The Morgan fingerprint density at radius 3 is 2.09 bits per heavy atom. The predicted octanol–water partition coefficient (Wildman–Crippen LogP) is 5.92. The van der Waals surface area contributed by atoms with E-state index in [1.165, 1.54) is 38.6 Å². The van der Waals surface area contributed by atoms with Crippen molar-refractivity contribution in [2.45, 2.75) is 53.9 Å². The molecule has 2 aromatic carbocycles. The van der Waals surface area contributed by atoms with Crippen LogP contribution in [0.3, 0.4) is 0 Å². The van der Waals surface area contributed by atoms with Gasteiger partial charge < -0.3 is 0 Å². The number of pyridine rings is 1. The zero-order chi connectivity index (χ0) is 16.2. The average Bonchev–Trinajstić information content (AvgIpc) is 2.39. The Kier molecular flexibility index (Phi) is 3.28. The lowest BCUT2D eigenvalue weighted by atomic mass is 9.79. The molecule has 3 aromatic rings. The molecule has 0 saturated heterocycles. The number of aromatic nitrogens is 1. The molecular formula is C21H25N. The number of nitrogens with zero attached hydrogens (tertiary/aromatic N) is 1. The van der Waals surface area contributed by atoms with Crippen molar-refractivity contribution < 1.29 is 0 Å². The Labute approximate surface area is 133 Å². The molecule has 0 N–H and O–H groups in total. The first-order valence-electron chi connectivity index (χ1n) is 8.01. The van der Waals surface area contributed by atoms with Crippen molar-refractivity contribution >= 4 is 21.8 Å². The van der Waals surface area contributed by atoms with E-state index >= 15 is 0 Å². The minimum absolute atomic E-state index is 0.0814. The van der Waals surface area contributed by atoms with Crippen LogP contribution in [0.4, 0.5) is 0 Å². The van der Waals surface area contributed by atoms with E-state index in [1.54, 1.807) is 0 Å². The van der Waals surface area contributed by atoms with Crippen LogP contribution in [0.25, 0.3) is 21.8 Å². The quantitative estimate of drug-likeness (QED) is 0.468. The highest BCUT2D eigenvalue weighted by Gasteiger charge is 2.23. The molecular weight excluding hydrogens is 266 g/mol. The van der Waals surface area contributed by atoms with Gasteiger partial charge in [0.2, 0.25) is 0 Å². The Morgan fingerprint density at radius 2 is 1.45 bits per heavy atom. The summed E-state index contributed by atoms with van der Waals surface area (Å²) in [7, 11) is 0. The topological polar surface area (TPSA) is 12.9 Å². The van der Waals surface area contributed by atoms with Crippen molar-refractivity contribution in [1.29, 1.82) is 0 Å². The largest absolute Gasteiger partial charge is 0.248 e. The molecule has 0 spiro atoms. The zero-order valence-electron chi connectivity index (χ0n) is 14.8. The Bertz CT molecular complexity index is 896. The van der Waals surface area contributed by atoms with Gasteiger partial charge in [-0.15, -0.1) is 0 Å². The van der Waals surface area contributed by atoms with Crippen LogP contribution in [-0.4, -0.2) is 4.98 Å². The summed E-state index contributed by atoms with van der Waals surface area (Å²) in [6.07, 6.45) is 0. The highest BCUT2D eigenvalue weighted by molar-refractivity contribution is 6.02. The Hall–Kier alpha value is -1.89. The molecule has 1 heteroatoms. The Balaban J connectivity index is 2.68. The molecule has 114 valence electrons. The molecule has 0 unspecified atom stereocenters. The van der Waals surface area contributed by atoms with Crippen molar-refractivity contribution in [2.75, 3.05) is 0 Å². The van der Waals surface area contributed by atoms with E-state index in [1.807, 2.05) is 0 Å². The maximum absolute atomic E-state index is 4.98. The summed E-state index contributed by atoms with van der Waals surface area (Å²) in [5, 5.41) is 2.67. The van der Waals surface area contributed by atoms with Gasteiger partial charge in [0.1, 0.15) is 0 Å². The summed E-state index contributed by atoms with van der Waals surface area (Å²) in [5.74, 6) is 0. The summed E-state index contributed by atoms with van der Waals surface area (Å²) in [6, 6.07) is 8.85. The lowest BCUT2D eigenvalue weighted by Gasteiger charge is -2.26. The van der Waals surface area contributed by atoms with E-state index in [0.29, 0.717) is 0 Å². The van der Waals surface area contributed by atoms with Gasteiger partial charge in [-0.05, 0) is 73.1 Å². The predicted molar refractivity (Wildman–Crippen MR) is 96.9 cm³/mol. The fourth-order valence-corrected chi connectivity index (χ4v) is 3.57. The average molecular weight is 291 g/mol. The number of benzene rings is 2. The molecule has 0 bridgehead atoms. The van der Waals surface area contributed by atoms with Gasteiger partial charge in [0.15, 0.2) is 0 Å². The molecule has 0 amide bonds. The molecule has 0 fully saturated rings. The van der Waals surface area contributed by atoms with Crippen LogP contribution < -0.4 is 0 Å². The molecule has 1 aromatic heterocycles. The van der Waals surface area contributed by atoms with Crippen molar-refractivity contribution in [1.82, 2.24) is 4.98 Å². The second-order valence-electron chi connectivity index (χ2n) is 7.61. The van der Waals surface area contributed by atoms with E-state index in [4.69, 9.17) is 4.98 Å². The van der Waals surface area contributed by atoms with E-state index in [9.17, 15) is 0 Å². The third kappa shape index (κ3) is 2.20. The fraction of sp³-hybridized carbons (Fsp3) is 0.381. The lowest BCUT2D eigenvalue weighted by Crippen LogP contribution is -2.14. The van der Waals surface area contributed by atoms with Crippen LogP contribution in [0, 0.1) is 27.7 Å². The summed E-state index contributed by atoms with van der Waals surface area (Å²) in [5.41, 5.74) is 9.06. The molecule has 1 nitrogen and oxygen atoms in total. The summed E-state index contributed by atoms with van der Waals surface area (Å²) < 4.78 is 0. The summed E-state index contributed by atoms with van der Waals surface area (Å²) >= 11 is 0. The first-order valence-corrected chi connectivity index (χ1v) is 8.01. The van der Waals surface area contributed by atoms with Crippen LogP contribution in [-0.2, 0) is 5.41 Å². The standard InChI is InChI=1S/C21H25N/c1-12-10-14(3)18-17(11-12)22-16-9-8-13(2)15(4)19(16)20(18)21(5,6)7/h8-11H,1-7H3. The van der Waals surface area contributed by atoms with Gasteiger partial charge in [0, 0.05) is 10.8 Å². The molecule has 0 aliphatic rings. The van der Waals surface area contributed by atoms with Gasteiger partial charge in [-0.2, -0.15) is 0 Å². The van der Waals surface area contributed by atoms with Gasteiger partial charge in [-0.25, -0.2) is 4.98 Å². The number of hydrogen-bond acceptors (Lipinski definition) is 1. The van der Waals surface area contributed by atoms with Crippen LogP contribution in [0.2, 0.25) is 0 Å². The first-order chi connectivity index (χ1) is 10.2. The SMILES string of the molecule is Cc1cc(C)c2c(C(C)(C)C)c3c(C)c(C)ccc3nc2c1. The molecule has 22 heavy (non-hydrogen) atoms. The molecule has 3 rings (SSSR count). The van der Waals surface area contributed by atoms with Gasteiger partial charge in [-0.1, -0.05) is 32.9 Å². The van der Waals surface area contributed by atoms with Gasteiger partial charge >= 0.3 is 0 Å². The van der Waals surface area contributed by atoms with Gasteiger partial charge in [0.25, 0.3) is 0 Å². The van der Waals surface area contributed by atoms with Crippen molar-refractivity contribution in [3.8, 4) is 0 Å². The number of rotatable bonds is 0. The van der Waals surface area contributed by atoms with Crippen LogP contribution in [0.1, 0.15) is 48.6 Å². The fourth-order valence-electron chi connectivity index (χ4n) is 3.57. The van der Waals surface area contributed by atoms with Crippen molar-refractivity contribution in [2.24, 2.45) is 0 Å². The van der Waals surface area contributed by atoms with E-state index in [2.05, 4.69) is 72.7 Å². The second kappa shape index (κ2) is 4.81. The van der Waals surface area contributed by atoms with Crippen LogP contribution >= 0.6 is 0 Å². The third-order valence-electron chi connectivity index (χ3n) is 4.66. The van der Waals surface area contributed by atoms with E-state index in [0.717, 1.165) is 11.0 Å². The minimum Gasteiger partial charge on any atom is -0.248 e. The van der Waals surface area contributed by atoms with Crippen molar-refractivity contribution in [3.63, 3.8) is 0 Å². The number of fused-ring (bicyclic) bond motifs is 2. The smallest absolute Gasteiger partial charge is 0.0718 e. The van der Waals surface area contributed by atoms with E-state index < -0.39 is 0 Å². The molecule has 0 aliphatic heterocycles. The molecule has 1 heterocycles. The lowest BCUT2D eigenvalue weighted by molar-refractivity contribution is 0.600. The third-order valence-corrected chi connectivity index (χ3v) is 4.66. The second-order valence-corrected chi connectivity index (χ2v) is 7.61. The highest BCUT2D eigenvalue weighted by Crippen LogP contribution is 2.39.